The molecule has 0 aromatic rings. The third kappa shape index (κ3) is 7.08. The molecule has 2 atom stereocenters. The number of carbonyl (C=O) groups excluding carboxylic acids is 1. The van der Waals surface area contributed by atoms with Crippen LogP contribution in [-0.4, -0.2) is 33.0 Å². The van der Waals surface area contributed by atoms with Crippen LogP contribution in [0.2, 0.25) is 18.1 Å². The number of hydrogen-bond acceptors (Lipinski definition) is 4. The van der Waals surface area contributed by atoms with Crippen LogP contribution in [0.3, 0.4) is 0 Å². The first-order valence-corrected chi connectivity index (χ1v) is 9.99. The van der Waals surface area contributed by atoms with Gasteiger partial charge in [-0.2, -0.15) is 0 Å². The smallest absolute Gasteiger partial charge is 0.307 e. The predicted octanol–water partition coefficient (Wildman–Crippen LogP) is 3.07. The monoisotopic (exact) mass is 289 g/mol. The van der Waals surface area contributed by atoms with Gasteiger partial charge < -0.3 is 14.9 Å². The zero-order chi connectivity index (χ0) is 15.3. The third-order valence-corrected chi connectivity index (χ3v) is 8.27. The van der Waals surface area contributed by atoms with Crippen LogP contribution in [0.4, 0.5) is 0 Å². The van der Waals surface area contributed by atoms with Crippen molar-refractivity contribution in [3.63, 3.8) is 0 Å². The summed E-state index contributed by atoms with van der Waals surface area (Å²) in [5.74, 6) is -0.227. The zero-order valence-corrected chi connectivity index (χ0v) is 14.6. The van der Waals surface area contributed by atoms with Crippen molar-refractivity contribution in [3.05, 3.63) is 0 Å². The lowest BCUT2D eigenvalue weighted by Crippen LogP contribution is -2.44. The Morgan fingerprint density at radius 3 is 2.26 bits per heavy atom. The highest BCUT2D eigenvalue weighted by Gasteiger charge is 2.38. The first-order chi connectivity index (χ1) is 8.49. The summed E-state index contributed by atoms with van der Waals surface area (Å²) in [5.41, 5.74) is 5.97. The number of nitrogens with two attached hydrogens (primary N) is 1. The Labute approximate surface area is 119 Å². The average Bonchev–Trinajstić information content (AvgIpc) is 2.13. The van der Waals surface area contributed by atoms with E-state index in [0.29, 0.717) is 13.0 Å². The Bertz CT molecular complexity index is 287. The lowest BCUT2D eigenvalue weighted by atomic mass is 10.1. The number of ether oxygens (including phenoxy) is 1. The minimum absolute atomic E-state index is 0.0744. The normalized spacial score (nSPS) is 16.0. The van der Waals surface area contributed by atoms with Gasteiger partial charge in [0, 0.05) is 12.1 Å². The largest absolute Gasteiger partial charge is 0.466 e. The van der Waals surface area contributed by atoms with Gasteiger partial charge in [0.1, 0.15) is 0 Å². The Morgan fingerprint density at radius 1 is 1.32 bits per heavy atom. The van der Waals surface area contributed by atoms with Gasteiger partial charge in [0.25, 0.3) is 0 Å². The third-order valence-electron chi connectivity index (χ3n) is 3.67. The minimum atomic E-state index is -1.76. The van der Waals surface area contributed by atoms with E-state index >= 15 is 0 Å². The average molecular weight is 289 g/mol. The van der Waals surface area contributed by atoms with Crippen molar-refractivity contribution in [2.75, 3.05) is 6.61 Å². The number of rotatable bonds is 7. The highest BCUT2D eigenvalue weighted by Crippen LogP contribution is 2.37. The van der Waals surface area contributed by atoms with Crippen molar-refractivity contribution >= 4 is 14.3 Å². The molecule has 0 saturated carbocycles. The van der Waals surface area contributed by atoms with Crippen molar-refractivity contribution < 1.29 is 14.0 Å². The maximum Gasteiger partial charge on any atom is 0.307 e. The molecule has 19 heavy (non-hydrogen) atoms. The van der Waals surface area contributed by atoms with Crippen molar-refractivity contribution in [1.29, 1.82) is 0 Å². The summed E-state index contributed by atoms with van der Waals surface area (Å²) in [5, 5.41) is 0.187. The molecule has 0 aromatic heterocycles. The predicted molar refractivity (Wildman–Crippen MR) is 81.6 cm³/mol. The number of hydrogen-bond donors (Lipinski definition) is 1. The second-order valence-corrected chi connectivity index (χ2v) is 11.5. The van der Waals surface area contributed by atoms with Gasteiger partial charge in [-0.05, 0) is 38.4 Å². The molecular weight excluding hydrogens is 258 g/mol. The molecule has 2 N–H and O–H groups in total. The van der Waals surface area contributed by atoms with Crippen LogP contribution >= 0.6 is 0 Å². The maximum atomic E-state index is 11.3. The van der Waals surface area contributed by atoms with Gasteiger partial charge in [0.15, 0.2) is 8.32 Å². The van der Waals surface area contributed by atoms with Crippen LogP contribution in [0.1, 0.15) is 47.5 Å². The van der Waals surface area contributed by atoms with Gasteiger partial charge in [0.2, 0.25) is 0 Å². The molecule has 0 aliphatic heterocycles. The fraction of sp³-hybridized carbons (Fsp3) is 0.929. The van der Waals surface area contributed by atoms with Gasteiger partial charge in [-0.15, -0.1) is 0 Å². The molecule has 0 amide bonds. The van der Waals surface area contributed by atoms with E-state index in [9.17, 15) is 4.79 Å². The molecule has 0 radical (unpaired) electrons. The van der Waals surface area contributed by atoms with E-state index < -0.39 is 8.32 Å². The first kappa shape index (κ1) is 18.6. The summed E-state index contributed by atoms with van der Waals surface area (Å²) >= 11 is 0. The van der Waals surface area contributed by atoms with Gasteiger partial charge in [-0.25, -0.2) is 0 Å². The standard InChI is InChI=1S/C14H31NO3Si/c1-8-17-13(16)10-12(15)9-11(2)18-19(6,7)14(3,4)5/h11-12H,8-10,15H2,1-7H3/t11-,12-/m0/s1. The molecule has 0 heterocycles. The quantitative estimate of drug-likeness (QED) is 0.578. The molecule has 0 bridgehead atoms. The molecule has 0 unspecified atom stereocenters. The van der Waals surface area contributed by atoms with Crippen LogP contribution < -0.4 is 5.73 Å². The fourth-order valence-corrected chi connectivity index (χ4v) is 3.13. The van der Waals surface area contributed by atoms with Crippen LogP contribution in [0.15, 0.2) is 0 Å². The highest BCUT2D eigenvalue weighted by molar-refractivity contribution is 6.74. The van der Waals surface area contributed by atoms with E-state index in [0.717, 1.165) is 0 Å². The second kappa shape index (κ2) is 7.41. The number of carbonyl (C=O) groups is 1. The molecule has 0 saturated heterocycles. The van der Waals surface area contributed by atoms with Gasteiger partial charge in [0.05, 0.1) is 13.0 Å². The summed E-state index contributed by atoms with van der Waals surface area (Å²) in [6, 6.07) is -0.196. The molecule has 0 spiro atoms. The van der Waals surface area contributed by atoms with E-state index in [4.69, 9.17) is 14.9 Å². The molecular formula is C14H31NO3Si. The van der Waals surface area contributed by atoms with Crippen molar-refractivity contribution in [1.82, 2.24) is 0 Å². The summed E-state index contributed by atoms with van der Waals surface area (Å²) in [7, 11) is -1.76. The lowest BCUT2D eigenvalue weighted by molar-refractivity contribution is -0.143. The Balaban J connectivity index is 4.24. The van der Waals surface area contributed by atoms with E-state index in [1.807, 2.05) is 6.92 Å². The van der Waals surface area contributed by atoms with Gasteiger partial charge in [-0.1, -0.05) is 20.8 Å². The lowest BCUT2D eigenvalue weighted by Gasteiger charge is -2.38. The summed E-state index contributed by atoms with van der Waals surface area (Å²) in [6.45, 7) is 15.3. The molecule has 0 fully saturated rings. The topological polar surface area (TPSA) is 61.5 Å². The van der Waals surface area contributed by atoms with E-state index in [-0.39, 0.29) is 29.6 Å². The van der Waals surface area contributed by atoms with Crippen LogP contribution in [0, 0.1) is 0 Å². The van der Waals surface area contributed by atoms with Crippen molar-refractivity contribution in [2.45, 2.75) is 77.7 Å². The zero-order valence-electron chi connectivity index (χ0n) is 13.6. The Hall–Kier alpha value is -0.393. The fourth-order valence-electron chi connectivity index (χ4n) is 1.67. The molecule has 114 valence electrons. The second-order valence-electron chi connectivity index (χ2n) is 6.69. The summed E-state index contributed by atoms with van der Waals surface area (Å²) < 4.78 is 11.1. The van der Waals surface area contributed by atoms with E-state index in [2.05, 4.69) is 33.9 Å². The number of esters is 1. The van der Waals surface area contributed by atoms with E-state index in [1.165, 1.54) is 0 Å². The van der Waals surface area contributed by atoms with Crippen LogP contribution in [-0.2, 0) is 14.0 Å². The Morgan fingerprint density at radius 2 is 1.84 bits per heavy atom. The Kier molecular flexibility index (Phi) is 7.25. The first-order valence-electron chi connectivity index (χ1n) is 7.08. The van der Waals surface area contributed by atoms with Crippen LogP contribution in [0.5, 0.6) is 0 Å². The molecule has 5 heteroatoms. The molecule has 0 aromatic carbocycles. The van der Waals surface area contributed by atoms with Crippen molar-refractivity contribution in [3.8, 4) is 0 Å². The van der Waals surface area contributed by atoms with E-state index in [1.54, 1.807) is 6.92 Å². The SMILES string of the molecule is CCOC(=O)C[C@@H](N)C[C@H](C)O[Si](C)(C)C(C)(C)C. The molecule has 0 aliphatic carbocycles. The molecule has 0 aliphatic rings. The van der Waals surface area contributed by atoms with Gasteiger partial charge >= 0.3 is 5.97 Å². The maximum absolute atomic E-state index is 11.3. The van der Waals surface area contributed by atoms with Crippen LogP contribution in [0.25, 0.3) is 0 Å². The minimum Gasteiger partial charge on any atom is -0.466 e. The highest BCUT2D eigenvalue weighted by atomic mass is 28.4. The summed E-state index contributed by atoms with van der Waals surface area (Å²) in [4.78, 5) is 11.3. The van der Waals surface area contributed by atoms with Crippen molar-refractivity contribution in [2.24, 2.45) is 5.73 Å². The molecule has 4 nitrogen and oxygen atoms in total. The van der Waals surface area contributed by atoms with Gasteiger partial charge in [-0.3, -0.25) is 4.79 Å². The molecule has 0 rings (SSSR count). The summed E-state index contributed by atoms with van der Waals surface area (Å²) in [6.07, 6.45) is 1.02.